The van der Waals surface area contributed by atoms with Crippen LogP contribution in [0.4, 0.5) is 5.69 Å². The second-order valence-corrected chi connectivity index (χ2v) is 8.13. The number of sulfonamides is 1. The lowest BCUT2D eigenvalue weighted by molar-refractivity contribution is -0.119. The highest BCUT2D eigenvalue weighted by molar-refractivity contribution is 7.89. The first-order valence-corrected chi connectivity index (χ1v) is 9.89. The molecule has 1 atom stereocenters. The topological polar surface area (TPSA) is 93.5 Å². The van der Waals surface area contributed by atoms with E-state index in [0.717, 1.165) is 0 Å². The number of carbonyl (C=O) groups is 1. The fourth-order valence-corrected chi connectivity index (χ4v) is 4.49. The van der Waals surface area contributed by atoms with Crippen LogP contribution in [0.5, 0.6) is 0 Å². The van der Waals surface area contributed by atoms with Gasteiger partial charge in [0.05, 0.1) is 18.2 Å². The molecule has 8 nitrogen and oxygen atoms in total. The number of nitrogens with one attached hydrogen (secondary N) is 1. The second kappa shape index (κ2) is 7.75. The van der Waals surface area contributed by atoms with Crippen molar-refractivity contribution in [1.82, 2.24) is 14.1 Å². The highest BCUT2D eigenvalue weighted by atomic mass is 35.5. The molecule has 26 heavy (non-hydrogen) atoms. The number of aromatic nitrogens is 2. The summed E-state index contributed by atoms with van der Waals surface area (Å²) in [6.07, 6.45) is 3.26. The number of morpholine rings is 1. The van der Waals surface area contributed by atoms with E-state index < -0.39 is 16.1 Å². The highest BCUT2D eigenvalue weighted by Gasteiger charge is 2.29. The molecule has 10 heteroatoms. The molecular formula is C16H19ClN4O4S. The predicted molar refractivity (Wildman–Crippen MR) is 96.6 cm³/mol. The quantitative estimate of drug-likeness (QED) is 0.828. The summed E-state index contributed by atoms with van der Waals surface area (Å²) in [4.78, 5) is 12.3. The van der Waals surface area contributed by atoms with E-state index in [1.165, 1.54) is 21.1 Å². The molecule has 0 bridgehead atoms. The first-order chi connectivity index (χ1) is 12.4. The van der Waals surface area contributed by atoms with Gasteiger partial charge in [0.2, 0.25) is 15.9 Å². The largest absolute Gasteiger partial charge is 0.379 e. The molecule has 1 aromatic carbocycles. The molecule has 0 aliphatic carbocycles. The molecule has 2 aromatic rings. The minimum absolute atomic E-state index is 0.0365. The molecule has 0 saturated carbocycles. The molecule has 1 N–H and O–H groups in total. The number of nitrogens with zero attached hydrogens (tertiary/aromatic N) is 3. The Morgan fingerprint density at radius 3 is 2.73 bits per heavy atom. The zero-order valence-electron chi connectivity index (χ0n) is 14.1. The van der Waals surface area contributed by atoms with Crippen molar-refractivity contribution in [2.75, 3.05) is 31.6 Å². The van der Waals surface area contributed by atoms with E-state index in [1.54, 1.807) is 31.5 Å². The summed E-state index contributed by atoms with van der Waals surface area (Å²) in [5.74, 6) is -0.314. The Labute approximate surface area is 156 Å². The molecule has 0 radical (unpaired) electrons. The lowest BCUT2D eigenvalue weighted by Gasteiger charge is -2.26. The molecule has 1 saturated heterocycles. The molecule has 2 heterocycles. The van der Waals surface area contributed by atoms with Crippen molar-refractivity contribution in [3.63, 3.8) is 0 Å². The van der Waals surface area contributed by atoms with Crippen LogP contribution >= 0.6 is 11.6 Å². The first-order valence-electron chi connectivity index (χ1n) is 8.07. The van der Waals surface area contributed by atoms with Crippen LogP contribution in [-0.2, 0) is 19.6 Å². The molecule has 1 aliphatic rings. The number of hydrogen-bond donors (Lipinski definition) is 1. The Kier molecular flexibility index (Phi) is 5.61. The van der Waals surface area contributed by atoms with E-state index in [4.69, 9.17) is 16.3 Å². The van der Waals surface area contributed by atoms with Gasteiger partial charge in [0, 0.05) is 31.2 Å². The standard InChI is InChI=1S/C16H19ClN4O4S/c1-12(21-6-2-5-18-21)16(22)19-13-3-4-14(17)15(11-13)26(23,24)20-7-9-25-10-8-20/h2-6,11-12H,7-10H2,1H3,(H,19,22). The molecule has 140 valence electrons. The van der Waals surface area contributed by atoms with E-state index >= 15 is 0 Å². The Hall–Kier alpha value is -1.94. The summed E-state index contributed by atoms with van der Waals surface area (Å²) >= 11 is 6.12. The van der Waals surface area contributed by atoms with Crippen LogP contribution in [0.2, 0.25) is 5.02 Å². The Bertz CT molecular complexity index is 880. The van der Waals surface area contributed by atoms with E-state index in [1.807, 2.05) is 0 Å². The second-order valence-electron chi connectivity index (χ2n) is 5.81. The average molecular weight is 399 g/mol. The van der Waals surface area contributed by atoms with Crippen molar-refractivity contribution in [2.24, 2.45) is 0 Å². The van der Waals surface area contributed by atoms with Gasteiger partial charge in [-0.05, 0) is 31.2 Å². The minimum atomic E-state index is -3.76. The molecular weight excluding hydrogens is 380 g/mol. The molecule has 0 spiro atoms. The van der Waals surface area contributed by atoms with Gasteiger partial charge < -0.3 is 10.1 Å². The zero-order valence-corrected chi connectivity index (χ0v) is 15.7. The van der Waals surface area contributed by atoms with Gasteiger partial charge in [-0.2, -0.15) is 9.40 Å². The molecule has 1 amide bonds. The highest BCUT2D eigenvalue weighted by Crippen LogP contribution is 2.28. The Morgan fingerprint density at radius 2 is 2.08 bits per heavy atom. The van der Waals surface area contributed by atoms with Crippen LogP contribution in [0.3, 0.4) is 0 Å². The number of halogens is 1. The predicted octanol–water partition coefficient (Wildman–Crippen LogP) is 1.76. The summed E-state index contributed by atoms with van der Waals surface area (Å²) in [5.41, 5.74) is 0.352. The lowest BCUT2D eigenvalue weighted by Crippen LogP contribution is -2.40. The van der Waals surface area contributed by atoms with Crippen molar-refractivity contribution >= 4 is 33.2 Å². The zero-order chi connectivity index (χ0) is 18.7. The van der Waals surface area contributed by atoms with Gasteiger partial charge in [-0.1, -0.05) is 11.6 Å². The van der Waals surface area contributed by atoms with Gasteiger partial charge >= 0.3 is 0 Å². The summed E-state index contributed by atoms with van der Waals surface area (Å²) in [5, 5.41) is 6.84. The van der Waals surface area contributed by atoms with E-state index in [-0.39, 0.29) is 28.9 Å². The van der Waals surface area contributed by atoms with Gasteiger partial charge in [0.1, 0.15) is 10.9 Å². The average Bonchev–Trinajstić information content (AvgIpc) is 3.18. The van der Waals surface area contributed by atoms with Gasteiger partial charge in [0.15, 0.2) is 0 Å². The molecule has 3 rings (SSSR count). The number of amides is 1. The van der Waals surface area contributed by atoms with Crippen LogP contribution in [-0.4, -0.2) is 54.7 Å². The number of carbonyl (C=O) groups excluding carboxylic acids is 1. The Balaban J connectivity index is 1.82. The fourth-order valence-electron chi connectivity index (χ4n) is 2.58. The Morgan fingerprint density at radius 1 is 1.35 bits per heavy atom. The summed E-state index contributed by atoms with van der Waals surface area (Å²) in [6, 6.07) is 5.58. The van der Waals surface area contributed by atoms with E-state index in [9.17, 15) is 13.2 Å². The van der Waals surface area contributed by atoms with E-state index in [0.29, 0.717) is 18.9 Å². The SMILES string of the molecule is CC(C(=O)Nc1ccc(Cl)c(S(=O)(=O)N2CCOCC2)c1)n1cccn1. The maximum atomic E-state index is 12.8. The van der Waals surface area contributed by atoms with Gasteiger partial charge in [-0.3, -0.25) is 9.48 Å². The van der Waals surface area contributed by atoms with Crippen molar-refractivity contribution in [3.8, 4) is 0 Å². The number of anilines is 1. The molecule has 1 unspecified atom stereocenters. The van der Waals surface area contributed by atoms with Crippen LogP contribution in [0.15, 0.2) is 41.6 Å². The van der Waals surface area contributed by atoms with E-state index in [2.05, 4.69) is 10.4 Å². The monoisotopic (exact) mass is 398 g/mol. The smallest absolute Gasteiger partial charge is 0.248 e. The summed E-state index contributed by atoms with van der Waals surface area (Å²) in [7, 11) is -3.76. The van der Waals surface area contributed by atoms with Crippen molar-refractivity contribution in [3.05, 3.63) is 41.7 Å². The van der Waals surface area contributed by atoms with Crippen molar-refractivity contribution < 1.29 is 17.9 Å². The van der Waals surface area contributed by atoms with Crippen molar-refractivity contribution in [2.45, 2.75) is 17.9 Å². The third-order valence-electron chi connectivity index (χ3n) is 4.09. The fraction of sp³-hybridized carbons (Fsp3) is 0.375. The number of ether oxygens (including phenoxy) is 1. The summed E-state index contributed by atoms with van der Waals surface area (Å²) < 4.78 is 33.7. The third-order valence-corrected chi connectivity index (χ3v) is 6.47. The normalized spacial score (nSPS) is 17.0. The van der Waals surface area contributed by atoms with Crippen molar-refractivity contribution in [1.29, 1.82) is 0 Å². The maximum Gasteiger partial charge on any atom is 0.248 e. The third kappa shape index (κ3) is 3.90. The van der Waals surface area contributed by atoms with Crippen LogP contribution < -0.4 is 5.32 Å². The van der Waals surface area contributed by atoms with Crippen LogP contribution in [0.25, 0.3) is 0 Å². The van der Waals surface area contributed by atoms with Gasteiger partial charge in [0.25, 0.3) is 0 Å². The maximum absolute atomic E-state index is 12.8. The van der Waals surface area contributed by atoms with Crippen LogP contribution in [0.1, 0.15) is 13.0 Å². The molecule has 1 aliphatic heterocycles. The molecule has 1 aromatic heterocycles. The minimum Gasteiger partial charge on any atom is -0.379 e. The number of rotatable bonds is 5. The lowest BCUT2D eigenvalue weighted by atomic mass is 10.2. The van der Waals surface area contributed by atoms with Gasteiger partial charge in [-0.25, -0.2) is 8.42 Å². The first kappa shape index (κ1) is 18.8. The number of benzene rings is 1. The van der Waals surface area contributed by atoms with Crippen LogP contribution in [0, 0.1) is 0 Å². The summed E-state index contributed by atoms with van der Waals surface area (Å²) in [6.45, 7) is 2.92. The molecule has 1 fully saturated rings. The number of hydrogen-bond acceptors (Lipinski definition) is 5. The van der Waals surface area contributed by atoms with Gasteiger partial charge in [-0.15, -0.1) is 0 Å².